The lowest BCUT2D eigenvalue weighted by atomic mass is 10.2. The third kappa shape index (κ3) is 10.7. The minimum Gasteiger partial charge on any atom is -0.390 e. The van der Waals surface area contributed by atoms with Gasteiger partial charge in [0.1, 0.15) is 0 Å². The van der Waals surface area contributed by atoms with Gasteiger partial charge in [-0.3, -0.25) is 0 Å². The van der Waals surface area contributed by atoms with Crippen molar-refractivity contribution >= 4 is 6.34 Å². The SMILES string of the molecule is C.C=C(C)/C=C(/C)C(=C)N=CN.CC. The molecule has 14 heavy (non-hydrogen) atoms. The first-order chi connectivity index (χ1) is 6.07. The summed E-state index contributed by atoms with van der Waals surface area (Å²) in [6.45, 7) is 15.3. The van der Waals surface area contributed by atoms with Crippen LogP contribution < -0.4 is 5.73 Å². The largest absolute Gasteiger partial charge is 0.390 e. The highest BCUT2D eigenvalue weighted by molar-refractivity contribution is 5.55. The Morgan fingerprint density at radius 2 is 1.64 bits per heavy atom. The molecule has 0 saturated carbocycles. The second-order valence-electron chi connectivity index (χ2n) is 2.40. The first kappa shape index (κ1) is 18.5. The highest BCUT2D eigenvalue weighted by Gasteiger charge is 1.91. The van der Waals surface area contributed by atoms with E-state index in [4.69, 9.17) is 5.73 Å². The number of allylic oxidation sites excluding steroid dienone is 3. The van der Waals surface area contributed by atoms with E-state index < -0.39 is 0 Å². The summed E-state index contributed by atoms with van der Waals surface area (Å²) in [6.07, 6.45) is 3.15. The molecular formula is C12H24N2. The Hall–Kier alpha value is -1.31. The maximum absolute atomic E-state index is 5.10. The second-order valence-corrected chi connectivity index (χ2v) is 2.40. The van der Waals surface area contributed by atoms with Gasteiger partial charge in [-0.25, -0.2) is 4.99 Å². The van der Waals surface area contributed by atoms with Gasteiger partial charge in [-0.2, -0.15) is 0 Å². The molecule has 0 aliphatic carbocycles. The average molecular weight is 196 g/mol. The zero-order valence-corrected chi connectivity index (χ0v) is 9.09. The summed E-state index contributed by atoms with van der Waals surface area (Å²) in [4.78, 5) is 3.83. The van der Waals surface area contributed by atoms with E-state index in [1.54, 1.807) is 0 Å². The average Bonchev–Trinajstić information content (AvgIpc) is 2.07. The van der Waals surface area contributed by atoms with Crippen molar-refractivity contribution in [1.82, 2.24) is 0 Å². The molecule has 2 heteroatoms. The van der Waals surface area contributed by atoms with E-state index in [-0.39, 0.29) is 7.43 Å². The lowest BCUT2D eigenvalue weighted by Gasteiger charge is -1.97. The van der Waals surface area contributed by atoms with Crippen LogP contribution in [0.2, 0.25) is 0 Å². The standard InChI is InChI=1S/C9H14N2.C2H6.CH4/c1-7(2)5-8(3)9(4)11-6-10;1-2;/h5-6H,1,4H2,2-3H3,(H2,10,11);1-2H3;1H4/b8-5-;;. The number of hydrogen-bond donors (Lipinski definition) is 1. The maximum Gasteiger partial charge on any atom is 0.0860 e. The van der Waals surface area contributed by atoms with Crippen molar-refractivity contribution in [3.05, 3.63) is 36.1 Å². The van der Waals surface area contributed by atoms with E-state index in [0.717, 1.165) is 11.1 Å². The molecule has 0 spiro atoms. The van der Waals surface area contributed by atoms with Gasteiger partial charge in [0.15, 0.2) is 0 Å². The number of aliphatic imine (C=N–C) groups is 1. The first-order valence-corrected chi connectivity index (χ1v) is 4.35. The van der Waals surface area contributed by atoms with Gasteiger partial charge in [-0.15, -0.1) is 0 Å². The predicted molar refractivity (Wildman–Crippen MR) is 68.5 cm³/mol. The van der Waals surface area contributed by atoms with E-state index in [1.807, 2.05) is 33.8 Å². The maximum atomic E-state index is 5.10. The minimum absolute atomic E-state index is 0. The Morgan fingerprint density at radius 3 is 1.93 bits per heavy atom. The molecular weight excluding hydrogens is 172 g/mol. The molecule has 0 fully saturated rings. The Labute approximate surface area is 88.9 Å². The Bertz CT molecular complexity index is 222. The van der Waals surface area contributed by atoms with Crippen LogP contribution in [0, 0.1) is 0 Å². The molecule has 2 N–H and O–H groups in total. The van der Waals surface area contributed by atoms with Gasteiger partial charge in [0.2, 0.25) is 0 Å². The second kappa shape index (κ2) is 11.7. The Kier molecular flexibility index (Phi) is 15.4. The molecule has 0 bridgehead atoms. The number of nitrogens with zero attached hydrogens (tertiary/aromatic N) is 1. The lowest BCUT2D eigenvalue weighted by molar-refractivity contribution is 1.29. The third-order valence-electron chi connectivity index (χ3n) is 1.15. The molecule has 2 nitrogen and oxygen atoms in total. The molecule has 0 aromatic carbocycles. The zero-order valence-electron chi connectivity index (χ0n) is 9.09. The molecule has 0 radical (unpaired) electrons. The van der Waals surface area contributed by atoms with Gasteiger partial charge in [0, 0.05) is 0 Å². The number of rotatable bonds is 3. The number of hydrogen-bond acceptors (Lipinski definition) is 1. The monoisotopic (exact) mass is 196 g/mol. The van der Waals surface area contributed by atoms with Crippen LogP contribution in [0.4, 0.5) is 0 Å². The van der Waals surface area contributed by atoms with Gasteiger partial charge >= 0.3 is 0 Å². The summed E-state index contributed by atoms with van der Waals surface area (Å²) in [5.74, 6) is 0. The van der Waals surface area contributed by atoms with Gasteiger partial charge in [0.25, 0.3) is 0 Å². The van der Waals surface area contributed by atoms with Crippen molar-refractivity contribution in [2.24, 2.45) is 10.7 Å². The van der Waals surface area contributed by atoms with Gasteiger partial charge in [-0.05, 0) is 19.4 Å². The molecule has 82 valence electrons. The molecule has 0 aliphatic heterocycles. The molecule has 0 rings (SSSR count). The van der Waals surface area contributed by atoms with Gasteiger partial charge in [0.05, 0.1) is 12.0 Å². The summed E-state index contributed by atoms with van der Waals surface area (Å²) in [6, 6.07) is 0. The van der Waals surface area contributed by atoms with Gasteiger partial charge < -0.3 is 5.73 Å². The lowest BCUT2D eigenvalue weighted by Crippen LogP contribution is -1.90. The molecule has 0 amide bonds. The van der Waals surface area contributed by atoms with Crippen LogP contribution in [0.25, 0.3) is 0 Å². The molecule has 0 aromatic heterocycles. The van der Waals surface area contributed by atoms with Crippen molar-refractivity contribution in [2.45, 2.75) is 35.1 Å². The van der Waals surface area contributed by atoms with E-state index in [2.05, 4.69) is 18.2 Å². The van der Waals surface area contributed by atoms with E-state index in [1.165, 1.54) is 6.34 Å². The summed E-state index contributed by atoms with van der Waals surface area (Å²) in [5.41, 5.74) is 7.74. The summed E-state index contributed by atoms with van der Waals surface area (Å²) in [7, 11) is 0. The topological polar surface area (TPSA) is 38.4 Å². The highest BCUT2D eigenvalue weighted by Crippen LogP contribution is 2.09. The summed E-state index contributed by atoms with van der Waals surface area (Å²) >= 11 is 0. The number of nitrogens with two attached hydrogens (primary N) is 1. The van der Waals surface area contributed by atoms with Crippen molar-refractivity contribution in [3.8, 4) is 0 Å². The van der Waals surface area contributed by atoms with Crippen LogP contribution >= 0.6 is 0 Å². The van der Waals surface area contributed by atoms with Crippen molar-refractivity contribution in [3.63, 3.8) is 0 Å². The van der Waals surface area contributed by atoms with Crippen LogP contribution in [0.3, 0.4) is 0 Å². The molecule has 0 heterocycles. The van der Waals surface area contributed by atoms with Crippen LogP contribution in [0.15, 0.2) is 41.1 Å². The zero-order chi connectivity index (χ0) is 10.9. The molecule has 0 aromatic rings. The predicted octanol–water partition coefficient (Wildman–Crippen LogP) is 3.67. The fourth-order valence-electron chi connectivity index (χ4n) is 0.645. The van der Waals surface area contributed by atoms with E-state index in [9.17, 15) is 0 Å². The van der Waals surface area contributed by atoms with Crippen molar-refractivity contribution in [2.75, 3.05) is 0 Å². The fourth-order valence-corrected chi connectivity index (χ4v) is 0.645. The third-order valence-corrected chi connectivity index (χ3v) is 1.15. The van der Waals surface area contributed by atoms with Gasteiger partial charge in [-0.1, -0.05) is 46.1 Å². The molecule has 0 unspecified atom stereocenters. The molecule has 0 atom stereocenters. The summed E-state index contributed by atoms with van der Waals surface area (Å²) in [5, 5.41) is 0. The minimum atomic E-state index is 0. The highest BCUT2D eigenvalue weighted by atomic mass is 14.8. The van der Waals surface area contributed by atoms with E-state index >= 15 is 0 Å². The van der Waals surface area contributed by atoms with Crippen LogP contribution in [0.5, 0.6) is 0 Å². The van der Waals surface area contributed by atoms with Crippen LogP contribution in [-0.2, 0) is 0 Å². The summed E-state index contributed by atoms with van der Waals surface area (Å²) < 4.78 is 0. The van der Waals surface area contributed by atoms with Crippen molar-refractivity contribution < 1.29 is 0 Å². The normalized spacial score (nSPS) is 9.86. The smallest absolute Gasteiger partial charge is 0.0860 e. The van der Waals surface area contributed by atoms with E-state index in [0.29, 0.717) is 5.70 Å². The molecule has 0 saturated heterocycles. The first-order valence-electron chi connectivity index (χ1n) is 4.35. The fraction of sp³-hybridized carbons (Fsp3) is 0.417. The quantitative estimate of drug-likeness (QED) is 0.417. The Balaban J connectivity index is -0.000000376. The van der Waals surface area contributed by atoms with Crippen LogP contribution in [0.1, 0.15) is 35.1 Å². The van der Waals surface area contributed by atoms with Crippen molar-refractivity contribution in [1.29, 1.82) is 0 Å². The Morgan fingerprint density at radius 1 is 1.21 bits per heavy atom. The molecule has 0 aliphatic rings. The van der Waals surface area contributed by atoms with Crippen LogP contribution in [-0.4, -0.2) is 6.34 Å².